The van der Waals surface area contributed by atoms with Crippen molar-refractivity contribution in [2.75, 3.05) is 13.1 Å². The molecule has 0 aliphatic heterocycles. The van der Waals surface area contributed by atoms with Gasteiger partial charge >= 0.3 is 0 Å². The second-order valence-electron chi connectivity index (χ2n) is 3.51. The average Bonchev–Trinajstić information content (AvgIpc) is 2.15. The van der Waals surface area contributed by atoms with Crippen LogP contribution in [-0.4, -0.2) is 13.1 Å². The van der Waals surface area contributed by atoms with Gasteiger partial charge in [0.2, 0.25) is 0 Å². The quantitative estimate of drug-likeness (QED) is 0.579. The smallest absolute Gasteiger partial charge is 0.0841 e. The van der Waals surface area contributed by atoms with E-state index in [1.165, 1.54) is 16.7 Å². The number of nitriles is 1. The van der Waals surface area contributed by atoms with E-state index in [0.717, 1.165) is 13.0 Å². The van der Waals surface area contributed by atoms with Gasteiger partial charge < -0.3 is 5.32 Å². The lowest BCUT2D eigenvalue weighted by molar-refractivity contribution is 0.747. The topological polar surface area (TPSA) is 35.8 Å². The van der Waals surface area contributed by atoms with Gasteiger partial charge in [0.1, 0.15) is 0 Å². The van der Waals surface area contributed by atoms with Crippen LogP contribution in [0.3, 0.4) is 0 Å². The Labute approximate surface area is 85.6 Å². The molecular weight excluding hydrogens is 172 g/mol. The molecule has 74 valence electrons. The predicted octanol–water partition coefficient (Wildman–Crippen LogP) is 1.96. The molecule has 0 spiro atoms. The Morgan fingerprint density at radius 1 is 1.36 bits per heavy atom. The third-order valence-electron chi connectivity index (χ3n) is 2.27. The van der Waals surface area contributed by atoms with Crippen molar-refractivity contribution in [2.45, 2.75) is 20.3 Å². The van der Waals surface area contributed by atoms with Gasteiger partial charge in [0.05, 0.1) is 12.6 Å². The molecule has 0 unspecified atom stereocenters. The molecule has 0 amide bonds. The molecule has 2 heteroatoms. The summed E-state index contributed by atoms with van der Waals surface area (Å²) in [7, 11) is 0. The number of hydrogen-bond donors (Lipinski definition) is 1. The van der Waals surface area contributed by atoms with E-state index in [2.05, 4.69) is 43.4 Å². The van der Waals surface area contributed by atoms with Crippen molar-refractivity contribution < 1.29 is 0 Å². The van der Waals surface area contributed by atoms with E-state index in [-0.39, 0.29) is 0 Å². The number of nitrogens with zero attached hydrogens (tertiary/aromatic N) is 1. The zero-order valence-corrected chi connectivity index (χ0v) is 8.80. The lowest BCUT2D eigenvalue weighted by atomic mass is 10.0. The highest BCUT2D eigenvalue weighted by atomic mass is 14.8. The van der Waals surface area contributed by atoms with Crippen molar-refractivity contribution in [3.63, 3.8) is 0 Å². The number of aryl methyl sites for hydroxylation is 2. The van der Waals surface area contributed by atoms with Crippen molar-refractivity contribution >= 4 is 0 Å². The molecule has 0 fully saturated rings. The Hall–Kier alpha value is -1.33. The van der Waals surface area contributed by atoms with E-state index in [9.17, 15) is 0 Å². The third-order valence-corrected chi connectivity index (χ3v) is 2.27. The molecule has 0 aromatic heterocycles. The Morgan fingerprint density at radius 3 is 2.79 bits per heavy atom. The molecule has 0 saturated heterocycles. The van der Waals surface area contributed by atoms with Crippen molar-refractivity contribution in [1.29, 1.82) is 5.26 Å². The van der Waals surface area contributed by atoms with Crippen LogP contribution in [0.5, 0.6) is 0 Å². The van der Waals surface area contributed by atoms with E-state index in [4.69, 9.17) is 5.26 Å². The standard InChI is InChI=1S/C12H16N2/c1-10-3-4-12(11(2)9-10)5-7-14-8-6-13/h3-4,9,14H,5,7-8H2,1-2H3. The van der Waals surface area contributed by atoms with Crippen LogP contribution in [-0.2, 0) is 6.42 Å². The monoisotopic (exact) mass is 188 g/mol. The van der Waals surface area contributed by atoms with Gasteiger partial charge in [-0.15, -0.1) is 0 Å². The third kappa shape index (κ3) is 3.20. The first-order valence-corrected chi connectivity index (χ1v) is 4.88. The van der Waals surface area contributed by atoms with Crippen molar-refractivity contribution in [2.24, 2.45) is 0 Å². The molecule has 0 radical (unpaired) electrons. The largest absolute Gasteiger partial charge is 0.304 e. The summed E-state index contributed by atoms with van der Waals surface area (Å²) in [6.45, 7) is 5.54. The molecule has 0 heterocycles. The highest BCUT2D eigenvalue weighted by Gasteiger charge is 1.97. The lowest BCUT2D eigenvalue weighted by Gasteiger charge is -2.06. The summed E-state index contributed by atoms with van der Waals surface area (Å²) in [6.07, 6.45) is 0.994. The highest BCUT2D eigenvalue weighted by Crippen LogP contribution is 2.10. The number of hydrogen-bond acceptors (Lipinski definition) is 2. The summed E-state index contributed by atoms with van der Waals surface area (Å²) >= 11 is 0. The van der Waals surface area contributed by atoms with Gasteiger partial charge in [0.25, 0.3) is 0 Å². The molecule has 14 heavy (non-hydrogen) atoms. The molecule has 1 aromatic carbocycles. The maximum absolute atomic E-state index is 8.34. The molecule has 0 aliphatic rings. The number of nitrogens with one attached hydrogen (secondary N) is 1. The molecule has 2 nitrogen and oxygen atoms in total. The van der Waals surface area contributed by atoms with Gasteiger partial charge in [0, 0.05) is 6.54 Å². The first kappa shape index (κ1) is 10.7. The maximum Gasteiger partial charge on any atom is 0.0841 e. The Kier molecular flexibility index (Phi) is 4.15. The van der Waals surface area contributed by atoms with Crippen LogP contribution in [0, 0.1) is 25.2 Å². The van der Waals surface area contributed by atoms with Crippen molar-refractivity contribution in [1.82, 2.24) is 5.32 Å². The predicted molar refractivity (Wildman–Crippen MR) is 58.1 cm³/mol. The summed E-state index contributed by atoms with van der Waals surface area (Å²) in [5.74, 6) is 0. The van der Waals surface area contributed by atoms with Gasteiger partial charge in [-0.1, -0.05) is 23.8 Å². The minimum atomic E-state index is 0.435. The minimum absolute atomic E-state index is 0.435. The number of rotatable bonds is 4. The summed E-state index contributed by atoms with van der Waals surface area (Å²) in [5, 5.41) is 11.4. The second kappa shape index (κ2) is 5.41. The van der Waals surface area contributed by atoms with E-state index in [1.807, 2.05) is 0 Å². The fraction of sp³-hybridized carbons (Fsp3) is 0.417. The number of benzene rings is 1. The van der Waals surface area contributed by atoms with Gasteiger partial charge in [-0.2, -0.15) is 5.26 Å². The van der Waals surface area contributed by atoms with Crippen LogP contribution in [0.25, 0.3) is 0 Å². The maximum atomic E-state index is 8.34. The van der Waals surface area contributed by atoms with E-state index in [1.54, 1.807) is 0 Å². The first-order chi connectivity index (χ1) is 6.74. The average molecular weight is 188 g/mol. The van der Waals surface area contributed by atoms with Crippen LogP contribution in [0.1, 0.15) is 16.7 Å². The molecule has 0 atom stereocenters. The molecule has 1 rings (SSSR count). The van der Waals surface area contributed by atoms with Crippen molar-refractivity contribution in [3.8, 4) is 6.07 Å². The minimum Gasteiger partial charge on any atom is -0.304 e. The van der Waals surface area contributed by atoms with Gasteiger partial charge in [-0.3, -0.25) is 0 Å². The van der Waals surface area contributed by atoms with Gasteiger partial charge in [-0.05, 0) is 31.4 Å². The summed E-state index contributed by atoms with van der Waals surface area (Å²) in [6, 6.07) is 8.56. The van der Waals surface area contributed by atoms with Crippen LogP contribution < -0.4 is 5.32 Å². The van der Waals surface area contributed by atoms with Crippen molar-refractivity contribution in [3.05, 3.63) is 34.9 Å². The molecule has 0 aliphatic carbocycles. The fourth-order valence-corrected chi connectivity index (χ4v) is 1.49. The zero-order valence-electron chi connectivity index (χ0n) is 8.80. The van der Waals surface area contributed by atoms with E-state index in [0.29, 0.717) is 6.54 Å². The molecule has 1 N–H and O–H groups in total. The Morgan fingerprint density at radius 2 is 2.14 bits per heavy atom. The van der Waals surface area contributed by atoms with Crippen LogP contribution >= 0.6 is 0 Å². The molecule has 0 bridgehead atoms. The Balaban J connectivity index is 2.47. The van der Waals surface area contributed by atoms with Gasteiger partial charge in [0.15, 0.2) is 0 Å². The lowest BCUT2D eigenvalue weighted by Crippen LogP contribution is -2.17. The van der Waals surface area contributed by atoms with Crippen LogP contribution in [0.4, 0.5) is 0 Å². The van der Waals surface area contributed by atoms with Gasteiger partial charge in [-0.25, -0.2) is 0 Å². The second-order valence-corrected chi connectivity index (χ2v) is 3.51. The van der Waals surface area contributed by atoms with E-state index >= 15 is 0 Å². The van der Waals surface area contributed by atoms with E-state index < -0.39 is 0 Å². The zero-order chi connectivity index (χ0) is 10.4. The SMILES string of the molecule is Cc1ccc(CCNCC#N)c(C)c1. The highest BCUT2D eigenvalue weighted by molar-refractivity contribution is 5.30. The summed E-state index contributed by atoms with van der Waals surface area (Å²) < 4.78 is 0. The summed E-state index contributed by atoms with van der Waals surface area (Å²) in [5.41, 5.74) is 4.00. The summed E-state index contributed by atoms with van der Waals surface area (Å²) in [4.78, 5) is 0. The fourth-order valence-electron chi connectivity index (χ4n) is 1.49. The first-order valence-electron chi connectivity index (χ1n) is 4.88. The Bertz CT molecular complexity index is 337. The molecule has 0 saturated carbocycles. The molecule has 1 aromatic rings. The van der Waals surface area contributed by atoms with Crippen LogP contribution in [0.15, 0.2) is 18.2 Å². The normalized spacial score (nSPS) is 9.79. The van der Waals surface area contributed by atoms with Crippen LogP contribution in [0.2, 0.25) is 0 Å². The molecular formula is C12H16N2.